The van der Waals surface area contributed by atoms with Crippen LogP contribution in [0.2, 0.25) is 0 Å². The first-order valence-corrected chi connectivity index (χ1v) is 7.70. The van der Waals surface area contributed by atoms with Crippen LogP contribution in [0.1, 0.15) is 38.7 Å². The molecule has 0 unspecified atom stereocenters. The number of carboxylic acid groups (broad SMARTS) is 1. The van der Waals surface area contributed by atoms with Gasteiger partial charge in [0.05, 0.1) is 5.57 Å². The molecule has 0 aromatic heterocycles. The maximum Gasteiger partial charge on any atom is 0.333 e. The van der Waals surface area contributed by atoms with Crippen molar-refractivity contribution in [1.82, 2.24) is 5.32 Å². The first-order valence-electron chi connectivity index (χ1n) is 6.91. The second-order valence-corrected chi connectivity index (χ2v) is 5.77. The summed E-state index contributed by atoms with van der Waals surface area (Å²) < 4.78 is 0.945. The molecule has 0 atom stereocenters. The van der Waals surface area contributed by atoms with Crippen molar-refractivity contribution in [2.45, 2.75) is 39.5 Å². The van der Waals surface area contributed by atoms with E-state index in [0.717, 1.165) is 22.9 Å². The normalized spacial score (nSPS) is 11.8. The molecule has 0 aliphatic rings. The number of carbonyl (C=O) groups excluding carboxylic acids is 1. The number of hydrogen-bond donors (Lipinski definition) is 2. The van der Waals surface area contributed by atoms with Gasteiger partial charge in [-0.2, -0.15) is 0 Å². The fraction of sp³-hybridized carbons (Fsp3) is 0.375. The molecule has 4 nitrogen and oxygen atoms in total. The highest BCUT2D eigenvalue weighted by atomic mass is 79.9. The van der Waals surface area contributed by atoms with Crippen LogP contribution in [0, 0.1) is 0 Å². The molecule has 0 fully saturated rings. The van der Waals surface area contributed by atoms with E-state index in [4.69, 9.17) is 0 Å². The second kappa shape index (κ2) is 8.62. The molecule has 0 aliphatic heterocycles. The first kappa shape index (κ1) is 17.4. The van der Waals surface area contributed by atoms with E-state index in [2.05, 4.69) is 21.2 Å². The average Bonchev–Trinajstić information content (AvgIpc) is 2.42. The third-order valence-electron chi connectivity index (χ3n) is 3.02. The number of amides is 1. The molecule has 1 rings (SSSR count). The fourth-order valence-corrected chi connectivity index (χ4v) is 2.24. The molecule has 1 aromatic rings. The van der Waals surface area contributed by atoms with Crippen molar-refractivity contribution in [2.75, 3.05) is 0 Å². The van der Waals surface area contributed by atoms with E-state index >= 15 is 0 Å². The Kier molecular flexibility index (Phi) is 7.15. The van der Waals surface area contributed by atoms with E-state index in [1.165, 1.54) is 6.92 Å². The van der Waals surface area contributed by atoms with E-state index < -0.39 is 5.97 Å². The predicted molar refractivity (Wildman–Crippen MR) is 85.8 cm³/mol. The molecule has 2 N–H and O–H groups in total. The Balaban J connectivity index is 3.07. The van der Waals surface area contributed by atoms with E-state index in [9.17, 15) is 14.7 Å². The van der Waals surface area contributed by atoms with Crippen molar-refractivity contribution in [3.63, 3.8) is 0 Å². The smallest absolute Gasteiger partial charge is 0.333 e. The van der Waals surface area contributed by atoms with Crippen molar-refractivity contribution >= 4 is 27.8 Å². The van der Waals surface area contributed by atoms with Gasteiger partial charge in [-0.15, -0.1) is 0 Å². The van der Waals surface area contributed by atoms with Gasteiger partial charge in [-0.1, -0.05) is 41.4 Å². The van der Waals surface area contributed by atoms with Gasteiger partial charge in [-0.3, -0.25) is 4.79 Å². The molecule has 0 radical (unpaired) electrons. The zero-order valence-electron chi connectivity index (χ0n) is 12.3. The van der Waals surface area contributed by atoms with Crippen LogP contribution in [0.5, 0.6) is 0 Å². The minimum absolute atomic E-state index is 0.240. The summed E-state index contributed by atoms with van der Waals surface area (Å²) in [5.41, 5.74) is 1.66. The van der Waals surface area contributed by atoms with Crippen molar-refractivity contribution in [1.29, 1.82) is 0 Å². The van der Waals surface area contributed by atoms with Crippen LogP contribution in [0.25, 0.3) is 0 Å². The minimum Gasteiger partial charge on any atom is -0.478 e. The highest BCUT2D eigenvalue weighted by Crippen LogP contribution is 2.18. The zero-order valence-corrected chi connectivity index (χ0v) is 13.9. The van der Waals surface area contributed by atoms with Gasteiger partial charge in [0.2, 0.25) is 5.91 Å². The monoisotopic (exact) mass is 353 g/mol. The summed E-state index contributed by atoms with van der Waals surface area (Å²) in [5, 5.41) is 12.1. The fourth-order valence-electron chi connectivity index (χ4n) is 1.97. The van der Waals surface area contributed by atoms with E-state index in [1.54, 1.807) is 0 Å². The molecule has 21 heavy (non-hydrogen) atoms. The Morgan fingerprint density at radius 2 is 1.86 bits per heavy atom. The Morgan fingerprint density at radius 3 is 2.33 bits per heavy atom. The molecule has 114 valence electrons. The highest BCUT2D eigenvalue weighted by Gasteiger charge is 2.16. The van der Waals surface area contributed by atoms with Gasteiger partial charge in [0.1, 0.15) is 0 Å². The number of benzene rings is 1. The first-order chi connectivity index (χ1) is 9.93. The van der Waals surface area contributed by atoms with Gasteiger partial charge < -0.3 is 10.4 Å². The number of rotatable bonds is 7. The van der Waals surface area contributed by atoms with Crippen LogP contribution < -0.4 is 5.32 Å². The van der Waals surface area contributed by atoms with Crippen LogP contribution >= 0.6 is 15.9 Å². The molecule has 0 saturated heterocycles. The van der Waals surface area contributed by atoms with Crippen LogP contribution in [-0.2, 0) is 16.0 Å². The lowest BCUT2D eigenvalue weighted by atomic mass is 10.0. The molecule has 0 saturated carbocycles. The van der Waals surface area contributed by atoms with Crippen LogP contribution in [0.3, 0.4) is 0 Å². The van der Waals surface area contributed by atoms with E-state index in [-0.39, 0.29) is 11.5 Å². The summed E-state index contributed by atoms with van der Waals surface area (Å²) in [6.45, 7) is 3.42. The molecule has 0 aliphatic carbocycles. The molecular weight excluding hydrogens is 334 g/mol. The molecule has 0 heterocycles. The van der Waals surface area contributed by atoms with Gasteiger partial charge in [0, 0.05) is 23.5 Å². The number of carboxylic acids is 1. The van der Waals surface area contributed by atoms with Gasteiger partial charge in [-0.25, -0.2) is 4.79 Å². The zero-order chi connectivity index (χ0) is 15.8. The Labute approximate surface area is 133 Å². The summed E-state index contributed by atoms with van der Waals surface area (Å²) in [4.78, 5) is 22.8. The van der Waals surface area contributed by atoms with Gasteiger partial charge in [-0.05, 0) is 30.5 Å². The standard InChI is InChI=1S/C16H20BrNO3/c1-3-4-5-15(18-11(2)19)14(16(20)21)10-12-6-8-13(17)9-7-12/h6-9H,3-5,10H2,1-2H3,(H,18,19)(H,20,21)/b15-14+. The lowest BCUT2D eigenvalue weighted by Gasteiger charge is -2.13. The van der Waals surface area contributed by atoms with E-state index in [0.29, 0.717) is 18.5 Å². The summed E-state index contributed by atoms with van der Waals surface area (Å²) in [6.07, 6.45) is 2.64. The Hall–Kier alpha value is -1.62. The molecule has 1 aromatic carbocycles. The average molecular weight is 354 g/mol. The number of aliphatic carboxylic acids is 1. The largest absolute Gasteiger partial charge is 0.478 e. The maximum absolute atomic E-state index is 11.5. The summed E-state index contributed by atoms with van der Waals surface area (Å²) in [6, 6.07) is 7.49. The van der Waals surface area contributed by atoms with Gasteiger partial charge >= 0.3 is 5.97 Å². The van der Waals surface area contributed by atoms with Crippen molar-refractivity contribution in [3.8, 4) is 0 Å². The van der Waals surface area contributed by atoms with Crippen LogP contribution in [0.4, 0.5) is 0 Å². The van der Waals surface area contributed by atoms with Crippen molar-refractivity contribution in [3.05, 3.63) is 45.6 Å². The Morgan fingerprint density at radius 1 is 1.24 bits per heavy atom. The second-order valence-electron chi connectivity index (χ2n) is 4.85. The third kappa shape index (κ3) is 6.12. The van der Waals surface area contributed by atoms with E-state index in [1.807, 2.05) is 31.2 Å². The lowest BCUT2D eigenvalue weighted by Crippen LogP contribution is -2.24. The van der Waals surface area contributed by atoms with Crippen molar-refractivity contribution < 1.29 is 14.7 Å². The number of carbonyl (C=O) groups is 2. The highest BCUT2D eigenvalue weighted by molar-refractivity contribution is 9.10. The molecule has 0 spiro atoms. The number of allylic oxidation sites excluding steroid dienone is 1. The number of unbranched alkanes of at least 4 members (excludes halogenated alkanes) is 1. The van der Waals surface area contributed by atoms with Crippen molar-refractivity contribution in [2.24, 2.45) is 0 Å². The quantitative estimate of drug-likeness (QED) is 0.735. The molecule has 0 bridgehead atoms. The predicted octanol–water partition coefficient (Wildman–Crippen LogP) is 3.66. The molecule has 5 heteroatoms. The lowest BCUT2D eigenvalue weighted by molar-refractivity contribution is -0.132. The summed E-state index contributed by atoms with van der Waals surface area (Å²) in [5.74, 6) is -1.23. The summed E-state index contributed by atoms with van der Waals surface area (Å²) >= 11 is 3.35. The third-order valence-corrected chi connectivity index (χ3v) is 3.55. The summed E-state index contributed by atoms with van der Waals surface area (Å²) in [7, 11) is 0. The minimum atomic E-state index is -0.988. The number of nitrogens with one attached hydrogen (secondary N) is 1. The molecular formula is C16H20BrNO3. The topological polar surface area (TPSA) is 66.4 Å². The van der Waals surface area contributed by atoms with Crippen LogP contribution in [-0.4, -0.2) is 17.0 Å². The number of hydrogen-bond acceptors (Lipinski definition) is 2. The van der Waals surface area contributed by atoms with Gasteiger partial charge in [0.15, 0.2) is 0 Å². The van der Waals surface area contributed by atoms with Crippen LogP contribution in [0.15, 0.2) is 40.0 Å². The maximum atomic E-state index is 11.5. The molecule has 1 amide bonds. The number of halogens is 1. The van der Waals surface area contributed by atoms with Gasteiger partial charge in [0.25, 0.3) is 0 Å². The Bertz CT molecular complexity index is 535. The SMILES string of the molecule is CCCC/C(NC(C)=O)=C(/Cc1ccc(Br)cc1)C(=O)O.